The van der Waals surface area contributed by atoms with E-state index in [-0.39, 0.29) is 6.42 Å². The van der Waals surface area contributed by atoms with Crippen LogP contribution in [0.15, 0.2) is 49.1 Å². The van der Waals surface area contributed by atoms with E-state index >= 15 is 0 Å². The first kappa shape index (κ1) is 19.9. The second kappa shape index (κ2) is 7.56. The van der Waals surface area contributed by atoms with E-state index in [4.69, 9.17) is 5.73 Å². The lowest BCUT2D eigenvalue weighted by Gasteiger charge is -2.44. The van der Waals surface area contributed by atoms with Crippen molar-refractivity contribution in [1.82, 2.24) is 24.5 Å². The molecule has 1 fully saturated rings. The van der Waals surface area contributed by atoms with Crippen LogP contribution in [0.4, 0.5) is 11.6 Å². The van der Waals surface area contributed by atoms with Gasteiger partial charge >= 0.3 is 5.97 Å². The van der Waals surface area contributed by atoms with Crippen molar-refractivity contribution in [2.45, 2.75) is 31.7 Å². The van der Waals surface area contributed by atoms with Gasteiger partial charge in [0.2, 0.25) is 11.9 Å². The summed E-state index contributed by atoms with van der Waals surface area (Å²) in [4.78, 5) is 41.5. The Hall–Kier alpha value is -4.08. The van der Waals surface area contributed by atoms with Crippen molar-refractivity contribution in [3.05, 3.63) is 49.1 Å². The van der Waals surface area contributed by atoms with Crippen molar-refractivity contribution in [2.24, 2.45) is 11.1 Å². The van der Waals surface area contributed by atoms with Crippen LogP contribution in [0.2, 0.25) is 0 Å². The van der Waals surface area contributed by atoms with Crippen LogP contribution in [-0.4, -0.2) is 41.5 Å². The first-order valence-electron chi connectivity index (χ1n) is 10.3. The number of rotatable bonds is 7. The fraction of sp³-hybridized carbons (Fsp3) is 0.273. The lowest BCUT2D eigenvalue weighted by molar-refractivity contribution is -0.159. The predicted molar refractivity (Wildman–Crippen MR) is 117 cm³/mol. The van der Waals surface area contributed by atoms with Gasteiger partial charge in [0.25, 0.3) is 0 Å². The van der Waals surface area contributed by atoms with Crippen LogP contribution in [0, 0.1) is 5.41 Å². The van der Waals surface area contributed by atoms with Gasteiger partial charge in [0.15, 0.2) is 0 Å². The van der Waals surface area contributed by atoms with E-state index in [9.17, 15) is 14.7 Å². The van der Waals surface area contributed by atoms with Crippen LogP contribution in [0.5, 0.6) is 0 Å². The number of hydrogen-bond donors (Lipinski definition) is 3. The molecule has 4 aromatic rings. The summed E-state index contributed by atoms with van der Waals surface area (Å²) in [5.74, 6) is -1.12. The third-order valence-corrected chi connectivity index (χ3v) is 6.22. The predicted octanol–water partition coefficient (Wildman–Crippen LogP) is 2.79. The molecule has 0 radical (unpaired) electrons. The Bertz CT molecular complexity index is 1350. The summed E-state index contributed by atoms with van der Waals surface area (Å²) in [5.41, 5.74) is 7.26. The number of nitrogens with two attached hydrogens (primary N) is 1. The number of nitrogens with zero attached hydrogens (tertiary/aromatic N) is 5. The summed E-state index contributed by atoms with van der Waals surface area (Å²) < 4.78 is 1.76. The minimum Gasteiger partial charge on any atom is -0.481 e. The average molecular weight is 431 g/mol. The number of fused-ring (bicyclic) bond motifs is 2. The minimum absolute atomic E-state index is 0.0772. The summed E-state index contributed by atoms with van der Waals surface area (Å²) in [5, 5.41) is 13.9. The fourth-order valence-electron chi connectivity index (χ4n) is 4.42. The monoisotopic (exact) mass is 431 g/mol. The van der Waals surface area contributed by atoms with E-state index in [0.717, 1.165) is 28.5 Å². The van der Waals surface area contributed by atoms with Crippen LogP contribution < -0.4 is 11.1 Å². The number of aliphatic carboxylic acids is 1. The third kappa shape index (κ3) is 3.29. The highest BCUT2D eigenvalue weighted by Crippen LogP contribution is 2.51. The van der Waals surface area contributed by atoms with Crippen LogP contribution >= 0.6 is 0 Å². The zero-order valence-electron chi connectivity index (χ0n) is 17.1. The first-order valence-corrected chi connectivity index (χ1v) is 10.3. The molecule has 4 N–H and O–H groups in total. The van der Waals surface area contributed by atoms with Gasteiger partial charge in [0.05, 0.1) is 22.5 Å². The molecule has 32 heavy (non-hydrogen) atoms. The highest BCUT2D eigenvalue weighted by atomic mass is 16.4. The van der Waals surface area contributed by atoms with Gasteiger partial charge in [-0.1, -0.05) is 6.42 Å². The van der Waals surface area contributed by atoms with E-state index < -0.39 is 23.3 Å². The second-order valence-electron chi connectivity index (χ2n) is 8.08. The van der Waals surface area contributed by atoms with Crippen molar-refractivity contribution in [1.29, 1.82) is 0 Å². The fourth-order valence-corrected chi connectivity index (χ4v) is 4.42. The number of carbonyl (C=O) groups is 2. The number of hydrogen-bond acceptors (Lipinski definition) is 7. The molecule has 0 bridgehead atoms. The highest BCUT2D eigenvalue weighted by molar-refractivity contribution is 5.83. The summed E-state index contributed by atoms with van der Waals surface area (Å²) >= 11 is 0. The maximum absolute atomic E-state index is 12.2. The zero-order chi connectivity index (χ0) is 22.3. The lowest BCUT2D eigenvalue weighted by atomic mass is 9.63. The molecule has 0 saturated heterocycles. The van der Waals surface area contributed by atoms with Gasteiger partial charge in [0, 0.05) is 42.3 Å². The van der Waals surface area contributed by atoms with Gasteiger partial charge in [0.1, 0.15) is 5.65 Å². The molecule has 3 aromatic heterocycles. The molecular formula is C22H21N7O3. The molecule has 0 spiro atoms. The lowest BCUT2D eigenvalue weighted by Crippen LogP contribution is -2.46. The Labute approximate surface area is 182 Å². The van der Waals surface area contributed by atoms with Crippen LogP contribution in [0.3, 0.4) is 0 Å². The Morgan fingerprint density at radius 3 is 2.62 bits per heavy atom. The largest absolute Gasteiger partial charge is 0.481 e. The SMILES string of the molecule is NC(=O)CC(n1ccc2cnc(Nc3ccc4nccnc4c3)nc21)C1(C(=O)O)CCC1. The van der Waals surface area contributed by atoms with Crippen molar-refractivity contribution < 1.29 is 14.7 Å². The first-order chi connectivity index (χ1) is 15.5. The van der Waals surface area contributed by atoms with Crippen molar-refractivity contribution >= 4 is 45.6 Å². The third-order valence-electron chi connectivity index (χ3n) is 6.22. The van der Waals surface area contributed by atoms with Gasteiger partial charge < -0.3 is 20.7 Å². The summed E-state index contributed by atoms with van der Waals surface area (Å²) in [6.07, 6.45) is 8.39. The van der Waals surface area contributed by atoms with E-state index in [1.165, 1.54) is 0 Å². The molecule has 162 valence electrons. The maximum Gasteiger partial charge on any atom is 0.311 e. The van der Waals surface area contributed by atoms with Gasteiger partial charge in [-0.2, -0.15) is 4.98 Å². The van der Waals surface area contributed by atoms with Crippen LogP contribution in [-0.2, 0) is 9.59 Å². The van der Waals surface area contributed by atoms with Crippen LogP contribution in [0.25, 0.3) is 22.1 Å². The Morgan fingerprint density at radius 1 is 1.16 bits per heavy atom. The number of nitrogens with one attached hydrogen (secondary N) is 1. The summed E-state index contributed by atoms with van der Waals surface area (Å²) in [6.45, 7) is 0. The van der Waals surface area contributed by atoms with E-state index in [1.54, 1.807) is 29.4 Å². The number of anilines is 2. The van der Waals surface area contributed by atoms with Gasteiger partial charge in [-0.05, 0) is 37.1 Å². The quantitative estimate of drug-likeness (QED) is 0.404. The molecular weight excluding hydrogens is 410 g/mol. The number of amides is 1. The molecule has 1 amide bonds. The maximum atomic E-state index is 12.2. The molecule has 1 atom stereocenters. The molecule has 3 heterocycles. The molecule has 0 aliphatic heterocycles. The van der Waals surface area contributed by atoms with Gasteiger partial charge in [-0.3, -0.25) is 19.6 Å². The number of benzene rings is 1. The van der Waals surface area contributed by atoms with Crippen LogP contribution in [0.1, 0.15) is 31.7 Å². The number of carboxylic acid groups (broad SMARTS) is 1. The van der Waals surface area contributed by atoms with E-state index in [0.29, 0.717) is 24.4 Å². The summed E-state index contributed by atoms with van der Waals surface area (Å²) in [7, 11) is 0. The minimum atomic E-state index is -1.03. The Kier molecular flexibility index (Phi) is 4.69. The van der Waals surface area contributed by atoms with Gasteiger partial charge in [-0.15, -0.1) is 0 Å². The summed E-state index contributed by atoms with van der Waals surface area (Å²) in [6, 6.07) is 6.74. The molecule has 5 rings (SSSR count). The number of primary amides is 1. The van der Waals surface area contributed by atoms with Crippen molar-refractivity contribution in [3.63, 3.8) is 0 Å². The normalized spacial score (nSPS) is 15.9. The number of carboxylic acids is 1. The Morgan fingerprint density at radius 2 is 1.94 bits per heavy atom. The van der Waals surface area contributed by atoms with E-state index in [2.05, 4.69) is 25.3 Å². The topological polar surface area (TPSA) is 149 Å². The van der Waals surface area contributed by atoms with E-state index in [1.807, 2.05) is 24.3 Å². The molecule has 1 aromatic carbocycles. The molecule has 1 saturated carbocycles. The van der Waals surface area contributed by atoms with Gasteiger partial charge in [-0.25, -0.2) is 4.98 Å². The second-order valence-corrected chi connectivity index (χ2v) is 8.08. The number of aromatic nitrogens is 5. The molecule has 10 heteroatoms. The standard InChI is InChI=1S/C22H21N7O3/c23-18(30)11-17(22(20(31)32)5-1-6-22)29-9-4-13-12-26-21(28-19(13)29)27-14-2-3-15-16(10-14)25-8-7-24-15/h2-4,7-10,12,17H,1,5-6,11H2,(H2,23,30)(H,31,32)(H,26,27,28). The highest BCUT2D eigenvalue weighted by Gasteiger charge is 2.52. The zero-order valence-corrected chi connectivity index (χ0v) is 17.1. The average Bonchev–Trinajstić information content (AvgIpc) is 3.14. The molecule has 1 aliphatic carbocycles. The molecule has 10 nitrogen and oxygen atoms in total. The molecule has 1 unspecified atom stereocenters. The number of carbonyl (C=O) groups excluding carboxylic acids is 1. The Balaban J connectivity index is 1.53. The van der Waals surface area contributed by atoms with Crippen molar-refractivity contribution in [3.8, 4) is 0 Å². The smallest absolute Gasteiger partial charge is 0.311 e. The molecule has 1 aliphatic rings. The van der Waals surface area contributed by atoms with Crippen molar-refractivity contribution in [2.75, 3.05) is 5.32 Å².